The van der Waals surface area contributed by atoms with Gasteiger partial charge in [0.25, 0.3) is 6.47 Å². The third kappa shape index (κ3) is 4.69. The number of hydrogen-bond acceptors (Lipinski definition) is 5. The highest BCUT2D eigenvalue weighted by Crippen LogP contribution is 2.23. The van der Waals surface area contributed by atoms with E-state index >= 15 is 0 Å². The lowest BCUT2D eigenvalue weighted by Gasteiger charge is -2.30. The molecule has 0 amide bonds. The van der Waals surface area contributed by atoms with Gasteiger partial charge in [-0.2, -0.15) is 4.31 Å². The Morgan fingerprint density at radius 2 is 1.71 bits per heavy atom. The second-order valence-corrected chi connectivity index (χ2v) is 6.70. The minimum atomic E-state index is -3.37. The SMILES string of the molecule is NCC1CCN(S(=O)(=O)c2ccc(N)cc2)CC1.O=CO. The van der Waals surface area contributed by atoms with Gasteiger partial charge in [-0.15, -0.1) is 0 Å². The highest BCUT2D eigenvalue weighted by Gasteiger charge is 2.28. The third-order valence-corrected chi connectivity index (χ3v) is 5.34. The summed E-state index contributed by atoms with van der Waals surface area (Å²) in [7, 11) is -3.37. The van der Waals surface area contributed by atoms with Crippen LogP contribution in [0.4, 0.5) is 5.69 Å². The van der Waals surface area contributed by atoms with Crippen LogP contribution in [-0.2, 0) is 14.8 Å². The number of benzene rings is 1. The summed E-state index contributed by atoms with van der Waals surface area (Å²) in [6, 6.07) is 6.33. The standard InChI is InChI=1S/C12H19N3O2S.CH2O2/c13-9-10-5-7-15(8-6-10)18(16,17)12-3-1-11(14)2-4-12;2-1-3/h1-4,10H,5-9,13-14H2;1H,(H,2,3). The maximum atomic E-state index is 12.3. The van der Waals surface area contributed by atoms with Crippen molar-refractivity contribution in [2.45, 2.75) is 17.7 Å². The first-order valence-corrected chi connectivity index (χ1v) is 8.03. The third-order valence-electron chi connectivity index (χ3n) is 3.42. The smallest absolute Gasteiger partial charge is 0.290 e. The van der Waals surface area contributed by atoms with Crippen LogP contribution in [0.3, 0.4) is 0 Å². The Morgan fingerprint density at radius 3 is 2.14 bits per heavy atom. The van der Waals surface area contributed by atoms with Gasteiger partial charge >= 0.3 is 0 Å². The molecule has 0 bridgehead atoms. The summed E-state index contributed by atoms with van der Waals surface area (Å²) in [4.78, 5) is 8.67. The van der Waals surface area contributed by atoms with Crippen LogP contribution in [-0.4, -0.2) is 43.9 Å². The van der Waals surface area contributed by atoms with E-state index in [4.69, 9.17) is 21.4 Å². The zero-order chi connectivity index (χ0) is 15.9. The summed E-state index contributed by atoms with van der Waals surface area (Å²) in [5.41, 5.74) is 11.7. The molecular weight excluding hydrogens is 294 g/mol. The molecule has 1 saturated heterocycles. The Labute approximate surface area is 124 Å². The predicted molar refractivity (Wildman–Crippen MR) is 80.1 cm³/mol. The van der Waals surface area contributed by atoms with E-state index in [9.17, 15) is 8.42 Å². The number of hydrogen-bond donors (Lipinski definition) is 3. The Bertz CT molecular complexity index is 537. The second-order valence-electron chi connectivity index (χ2n) is 4.76. The molecule has 1 fully saturated rings. The summed E-state index contributed by atoms with van der Waals surface area (Å²) < 4.78 is 26.2. The minimum Gasteiger partial charge on any atom is -0.483 e. The molecule has 5 N–H and O–H groups in total. The summed E-state index contributed by atoms with van der Waals surface area (Å²) in [6.45, 7) is 1.49. The molecule has 8 heteroatoms. The fourth-order valence-corrected chi connectivity index (χ4v) is 3.64. The lowest BCUT2D eigenvalue weighted by atomic mass is 9.99. The number of rotatable bonds is 3. The number of sulfonamides is 1. The van der Waals surface area contributed by atoms with Gasteiger partial charge in [-0.1, -0.05) is 0 Å². The van der Waals surface area contributed by atoms with Gasteiger partial charge in [0.2, 0.25) is 10.0 Å². The lowest BCUT2D eigenvalue weighted by Crippen LogP contribution is -2.39. The van der Waals surface area contributed by atoms with Crippen molar-refractivity contribution in [2.75, 3.05) is 25.4 Å². The van der Waals surface area contributed by atoms with E-state index in [1.807, 2.05) is 0 Å². The molecule has 0 atom stereocenters. The zero-order valence-corrected chi connectivity index (χ0v) is 12.5. The van der Waals surface area contributed by atoms with Gasteiger partial charge in [0.05, 0.1) is 4.90 Å². The molecule has 0 aliphatic carbocycles. The van der Waals surface area contributed by atoms with Crippen molar-refractivity contribution in [2.24, 2.45) is 11.7 Å². The number of carboxylic acid groups (broad SMARTS) is 1. The predicted octanol–water partition coefficient (Wildman–Crippen LogP) is 0.329. The lowest BCUT2D eigenvalue weighted by molar-refractivity contribution is -0.122. The van der Waals surface area contributed by atoms with Crippen LogP contribution in [0.5, 0.6) is 0 Å². The van der Waals surface area contributed by atoms with E-state index in [2.05, 4.69) is 0 Å². The van der Waals surface area contributed by atoms with Crippen molar-refractivity contribution in [3.63, 3.8) is 0 Å². The molecule has 0 unspecified atom stereocenters. The average molecular weight is 315 g/mol. The van der Waals surface area contributed by atoms with Crippen molar-refractivity contribution in [1.82, 2.24) is 4.31 Å². The zero-order valence-electron chi connectivity index (χ0n) is 11.7. The van der Waals surface area contributed by atoms with E-state index < -0.39 is 10.0 Å². The molecule has 21 heavy (non-hydrogen) atoms. The normalized spacial score (nSPS) is 16.8. The molecule has 1 aliphatic heterocycles. The van der Waals surface area contributed by atoms with Crippen LogP contribution >= 0.6 is 0 Å². The number of carbonyl (C=O) groups is 1. The Morgan fingerprint density at radius 1 is 1.24 bits per heavy atom. The number of piperidine rings is 1. The molecule has 2 rings (SSSR count). The Kier molecular flexibility index (Phi) is 6.60. The van der Waals surface area contributed by atoms with Crippen molar-refractivity contribution < 1.29 is 18.3 Å². The van der Waals surface area contributed by atoms with E-state index in [0.717, 1.165) is 12.8 Å². The van der Waals surface area contributed by atoms with E-state index in [-0.39, 0.29) is 6.47 Å². The van der Waals surface area contributed by atoms with Gasteiger partial charge in [0.15, 0.2) is 0 Å². The molecule has 1 aromatic carbocycles. The molecular formula is C13H21N3O4S. The van der Waals surface area contributed by atoms with Crippen molar-refractivity contribution in [1.29, 1.82) is 0 Å². The van der Waals surface area contributed by atoms with Crippen LogP contribution < -0.4 is 11.5 Å². The largest absolute Gasteiger partial charge is 0.483 e. The molecule has 0 aromatic heterocycles. The van der Waals surface area contributed by atoms with Gasteiger partial charge < -0.3 is 16.6 Å². The van der Waals surface area contributed by atoms with Crippen LogP contribution in [0.2, 0.25) is 0 Å². The van der Waals surface area contributed by atoms with Gasteiger partial charge in [-0.3, -0.25) is 4.79 Å². The fraction of sp³-hybridized carbons (Fsp3) is 0.462. The second kappa shape index (κ2) is 7.96. The first-order chi connectivity index (χ1) is 9.95. The molecule has 0 radical (unpaired) electrons. The van der Waals surface area contributed by atoms with Crippen molar-refractivity contribution in [3.05, 3.63) is 24.3 Å². The average Bonchev–Trinajstić information content (AvgIpc) is 2.48. The summed E-state index contributed by atoms with van der Waals surface area (Å²) in [5, 5.41) is 6.89. The highest BCUT2D eigenvalue weighted by atomic mass is 32.2. The minimum absolute atomic E-state index is 0.250. The van der Waals surface area contributed by atoms with Gasteiger partial charge in [0, 0.05) is 18.8 Å². The van der Waals surface area contributed by atoms with Crippen LogP contribution in [0, 0.1) is 5.92 Å². The maximum absolute atomic E-state index is 12.3. The molecule has 1 heterocycles. The molecule has 7 nitrogen and oxygen atoms in total. The number of nitrogen functional groups attached to an aromatic ring is 1. The highest BCUT2D eigenvalue weighted by molar-refractivity contribution is 7.89. The quantitative estimate of drug-likeness (QED) is 0.545. The molecule has 1 aliphatic rings. The van der Waals surface area contributed by atoms with Gasteiger partial charge in [0.1, 0.15) is 0 Å². The first-order valence-electron chi connectivity index (χ1n) is 6.59. The van der Waals surface area contributed by atoms with Crippen LogP contribution in [0.15, 0.2) is 29.2 Å². The van der Waals surface area contributed by atoms with E-state index in [0.29, 0.717) is 36.1 Å². The van der Waals surface area contributed by atoms with Crippen LogP contribution in [0.25, 0.3) is 0 Å². The summed E-state index contributed by atoms with van der Waals surface area (Å²) >= 11 is 0. The van der Waals surface area contributed by atoms with E-state index in [1.54, 1.807) is 24.3 Å². The molecule has 0 saturated carbocycles. The molecule has 1 aromatic rings. The monoisotopic (exact) mass is 315 g/mol. The van der Waals surface area contributed by atoms with Crippen LogP contribution in [0.1, 0.15) is 12.8 Å². The first kappa shape index (κ1) is 17.4. The fourth-order valence-electron chi connectivity index (χ4n) is 2.17. The summed E-state index contributed by atoms with van der Waals surface area (Å²) in [5.74, 6) is 0.447. The Balaban J connectivity index is 0.000000677. The number of nitrogens with zero attached hydrogens (tertiary/aromatic N) is 1. The molecule has 118 valence electrons. The van der Waals surface area contributed by atoms with Crippen molar-refractivity contribution in [3.8, 4) is 0 Å². The number of anilines is 1. The summed E-state index contributed by atoms with van der Waals surface area (Å²) in [6.07, 6.45) is 1.68. The topological polar surface area (TPSA) is 127 Å². The Hall–Kier alpha value is -1.64. The molecule has 0 spiro atoms. The van der Waals surface area contributed by atoms with Crippen molar-refractivity contribution >= 4 is 22.2 Å². The number of nitrogens with two attached hydrogens (primary N) is 2. The van der Waals surface area contributed by atoms with E-state index in [1.165, 1.54) is 4.31 Å². The van der Waals surface area contributed by atoms with Gasteiger partial charge in [-0.05, 0) is 49.6 Å². The maximum Gasteiger partial charge on any atom is 0.290 e. The van der Waals surface area contributed by atoms with Gasteiger partial charge in [-0.25, -0.2) is 8.42 Å².